The molecular weight excluding hydrogens is 228 g/mol. The van der Waals surface area contributed by atoms with Gasteiger partial charge in [0.15, 0.2) is 5.78 Å². The maximum atomic E-state index is 12.4. The van der Waals surface area contributed by atoms with Crippen molar-refractivity contribution in [2.75, 3.05) is 6.61 Å². The number of carbonyl (C=O) groups excluding carboxylic acids is 1. The number of Topliss-reactive ketones (excluding diaryl/α,β-unsaturated/α-hetero) is 1. The van der Waals surface area contributed by atoms with E-state index in [9.17, 15) is 4.79 Å². The minimum Gasteiger partial charge on any atom is -0.472 e. The van der Waals surface area contributed by atoms with E-state index in [1.54, 1.807) is 18.6 Å². The van der Waals surface area contributed by atoms with E-state index >= 15 is 0 Å². The van der Waals surface area contributed by atoms with Crippen LogP contribution in [0.3, 0.4) is 0 Å². The van der Waals surface area contributed by atoms with Gasteiger partial charge in [-0.3, -0.25) is 4.79 Å². The van der Waals surface area contributed by atoms with Gasteiger partial charge >= 0.3 is 0 Å². The monoisotopic (exact) mass is 248 g/mol. The Kier molecular flexibility index (Phi) is 3.25. The van der Waals surface area contributed by atoms with Crippen LogP contribution in [0.25, 0.3) is 0 Å². The highest BCUT2D eigenvalue weighted by molar-refractivity contribution is 5.97. The van der Waals surface area contributed by atoms with Gasteiger partial charge in [0.1, 0.15) is 6.26 Å². The summed E-state index contributed by atoms with van der Waals surface area (Å²) in [6.45, 7) is 0.730. The molecule has 0 radical (unpaired) electrons. The van der Waals surface area contributed by atoms with Crippen LogP contribution in [0.15, 0.2) is 23.0 Å². The number of furan rings is 1. The zero-order valence-electron chi connectivity index (χ0n) is 10.7. The molecule has 1 atom stereocenters. The molecule has 3 rings (SSSR count). The Morgan fingerprint density at radius 2 is 2.11 bits per heavy atom. The predicted molar refractivity (Wildman–Crippen MR) is 67.5 cm³/mol. The molecule has 1 aliphatic heterocycles. The zero-order chi connectivity index (χ0) is 12.4. The fourth-order valence-electron chi connectivity index (χ4n) is 3.44. The van der Waals surface area contributed by atoms with Crippen molar-refractivity contribution in [2.45, 2.75) is 50.5 Å². The molecule has 3 heteroatoms. The van der Waals surface area contributed by atoms with Crippen LogP contribution in [-0.2, 0) is 4.74 Å². The molecule has 3 nitrogen and oxygen atoms in total. The van der Waals surface area contributed by atoms with E-state index in [4.69, 9.17) is 9.15 Å². The molecular formula is C15H20O3. The summed E-state index contributed by atoms with van der Waals surface area (Å²) in [5.74, 6) is 0.353. The summed E-state index contributed by atoms with van der Waals surface area (Å²) in [5.41, 5.74) is 0.716. The third-order valence-corrected chi connectivity index (χ3v) is 4.43. The molecule has 1 saturated heterocycles. The van der Waals surface area contributed by atoms with Gasteiger partial charge in [0.2, 0.25) is 0 Å². The molecule has 2 aliphatic rings. The third kappa shape index (κ3) is 2.24. The molecule has 1 unspecified atom stereocenters. The van der Waals surface area contributed by atoms with Gasteiger partial charge < -0.3 is 9.15 Å². The SMILES string of the molecule is O=C(c1ccoc1)C1CCOC2(CCCCC2)C1. The molecule has 1 aromatic heterocycles. The highest BCUT2D eigenvalue weighted by Crippen LogP contribution is 2.41. The van der Waals surface area contributed by atoms with Crippen molar-refractivity contribution in [3.8, 4) is 0 Å². The molecule has 98 valence electrons. The van der Waals surface area contributed by atoms with Gasteiger partial charge in [-0.25, -0.2) is 0 Å². The summed E-state index contributed by atoms with van der Waals surface area (Å²) in [4.78, 5) is 12.4. The van der Waals surface area contributed by atoms with Crippen molar-refractivity contribution in [2.24, 2.45) is 5.92 Å². The van der Waals surface area contributed by atoms with Crippen molar-refractivity contribution < 1.29 is 13.9 Å². The van der Waals surface area contributed by atoms with Crippen LogP contribution < -0.4 is 0 Å². The molecule has 0 aromatic carbocycles. The largest absolute Gasteiger partial charge is 0.472 e. The fourth-order valence-corrected chi connectivity index (χ4v) is 3.44. The van der Waals surface area contributed by atoms with Crippen molar-refractivity contribution in [3.63, 3.8) is 0 Å². The molecule has 1 aliphatic carbocycles. The average Bonchev–Trinajstić information content (AvgIpc) is 2.93. The number of hydrogen-bond donors (Lipinski definition) is 0. The maximum absolute atomic E-state index is 12.4. The van der Waals surface area contributed by atoms with Gasteiger partial charge in [0.05, 0.1) is 17.4 Å². The molecule has 1 spiro atoms. The summed E-state index contributed by atoms with van der Waals surface area (Å²) in [6, 6.07) is 1.77. The lowest BCUT2D eigenvalue weighted by Gasteiger charge is -2.43. The Bertz CT molecular complexity index is 396. The topological polar surface area (TPSA) is 39.4 Å². The van der Waals surface area contributed by atoms with Gasteiger partial charge in [-0.15, -0.1) is 0 Å². The number of hydrogen-bond acceptors (Lipinski definition) is 3. The molecule has 2 heterocycles. The zero-order valence-corrected chi connectivity index (χ0v) is 10.7. The summed E-state index contributed by atoms with van der Waals surface area (Å²) < 4.78 is 11.0. The average molecular weight is 248 g/mol. The Morgan fingerprint density at radius 3 is 2.83 bits per heavy atom. The van der Waals surface area contributed by atoms with Crippen molar-refractivity contribution in [1.82, 2.24) is 0 Å². The first-order valence-electron chi connectivity index (χ1n) is 6.99. The lowest BCUT2D eigenvalue weighted by Crippen LogP contribution is -2.43. The maximum Gasteiger partial charge on any atom is 0.169 e. The van der Waals surface area contributed by atoms with E-state index in [2.05, 4.69) is 0 Å². The van der Waals surface area contributed by atoms with E-state index in [1.165, 1.54) is 19.3 Å². The predicted octanol–water partition coefficient (Wildman–Crippen LogP) is 3.59. The van der Waals surface area contributed by atoms with Crippen molar-refractivity contribution >= 4 is 5.78 Å². The second-order valence-electron chi connectivity index (χ2n) is 5.66. The quantitative estimate of drug-likeness (QED) is 0.751. The van der Waals surface area contributed by atoms with Crippen LogP contribution in [0.4, 0.5) is 0 Å². The highest BCUT2D eigenvalue weighted by atomic mass is 16.5. The van der Waals surface area contributed by atoms with Crippen LogP contribution >= 0.6 is 0 Å². The molecule has 18 heavy (non-hydrogen) atoms. The summed E-state index contributed by atoms with van der Waals surface area (Å²) in [7, 11) is 0. The van der Waals surface area contributed by atoms with Gasteiger partial charge in [0, 0.05) is 12.5 Å². The van der Waals surface area contributed by atoms with Crippen LogP contribution in [0, 0.1) is 5.92 Å². The molecule has 1 saturated carbocycles. The number of rotatable bonds is 2. The third-order valence-electron chi connectivity index (χ3n) is 4.43. The normalized spacial score (nSPS) is 27.2. The number of ketones is 1. The number of ether oxygens (including phenoxy) is 1. The Balaban J connectivity index is 1.72. The first-order valence-corrected chi connectivity index (χ1v) is 6.99. The Morgan fingerprint density at radius 1 is 1.28 bits per heavy atom. The minimum absolute atomic E-state index is 0.000558. The van der Waals surface area contributed by atoms with Crippen molar-refractivity contribution in [3.05, 3.63) is 24.2 Å². The Labute approximate surface area is 108 Å². The Hall–Kier alpha value is -1.09. The second-order valence-corrected chi connectivity index (χ2v) is 5.66. The van der Waals surface area contributed by atoms with E-state index in [1.807, 2.05) is 0 Å². The highest BCUT2D eigenvalue weighted by Gasteiger charge is 2.40. The fraction of sp³-hybridized carbons (Fsp3) is 0.667. The molecule has 1 aromatic rings. The smallest absolute Gasteiger partial charge is 0.169 e. The van der Waals surface area contributed by atoms with Crippen molar-refractivity contribution in [1.29, 1.82) is 0 Å². The van der Waals surface area contributed by atoms with Crippen LogP contribution in [-0.4, -0.2) is 18.0 Å². The van der Waals surface area contributed by atoms with Crippen LogP contribution in [0.1, 0.15) is 55.3 Å². The lowest BCUT2D eigenvalue weighted by atomic mass is 9.74. The molecule has 0 bridgehead atoms. The molecule has 2 fully saturated rings. The second kappa shape index (κ2) is 4.88. The van der Waals surface area contributed by atoms with E-state index < -0.39 is 0 Å². The van der Waals surface area contributed by atoms with E-state index in [0.717, 1.165) is 32.3 Å². The number of carbonyl (C=O) groups is 1. The molecule has 0 N–H and O–H groups in total. The standard InChI is InChI=1S/C15H20O3/c16-14(13-4-8-17-11-13)12-5-9-18-15(10-12)6-2-1-3-7-15/h4,8,11-12H,1-3,5-7,9-10H2. The van der Waals surface area contributed by atoms with Crippen LogP contribution in [0.5, 0.6) is 0 Å². The van der Waals surface area contributed by atoms with Gasteiger partial charge in [0.25, 0.3) is 0 Å². The van der Waals surface area contributed by atoms with E-state index in [-0.39, 0.29) is 17.3 Å². The van der Waals surface area contributed by atoms with Gasteiger partial charge in [-0.05, 0) is 31.7 Å². The first kappa shape index (κ1) is 12.0. The minimum atomic E-state index is 0.000558. The van der Waals surface area contributed by atoms with Crippen LogP contribution in [0.2, 0.25) is 0 Å². The summed E-state index contributed by atoms with van der Waals surface area (Å²) in [6.07, 6.45) is 10.9. The summed E-state index contributed by atoms with van der Waals surface area (Å²) in [5, 5.41) is 0. The van der Waals surface area contributed by atoms with Gasteiger partial charge in [-0.1, -0.05) is 19.3 Å². The van der Waals surface area contributed by atoms with Gasteiger partial charge in [-0.2, -0.15) is 0 Å². The molecule has 0 amide bonds. The lowest BCUT2D eigenvalue weighted by molar-refractivity contribution is -0.111. The summed E-state index contributed by atoms with van der Waals surface area (Å²) >= 11 is 0. The van der Waals surface area contributed by atoms with E-state index in [0.29, 0.717) is 5.56 Å². The first-order chi connectivity index (χ1) is 8.79.